The van der Waals surface area contributed by atoms with Crippen molar-refractivity contribution in [3.05, 3.63) is 140 Å². The van der Waals surface area contributed by atoms with Crippen LogP contribution in [0.1, 0.15) is 0 Å². The van der Waals surface area contributed by atoms with Gasteiger partial charge in [0.2, 0.25) is 0 Å². The van der Waals surface area contributed by atoms with Gasteiger partial charge in [-0.3, -0.25) is 0 Å². The topological polar surface area (TPSA) is 4.93 Å². The van der Waals surface area contributed by atoms with Crippen LogP contribution >= 0.6 is 0 Å². The Bertz CT molecular complexity index is 2270. The fraction of sp³-hybridized carbons (Fsp3) is 0. The number of hydrogen-bond acceptors (Lipinski definition) is 0. The molecule has 7 aromatic carbocycles. The van der Waals surface area contributed by atoms with Gasteiger partial charge >= 0.3 is 0 Å². The average molecular weight is 494 g/mol. The Morgan fingerprint density at radius 2 is 1.00 bits per heavy atom. The van der Waals surface area contributed by atoms with Crippen molar-refractivity contribution >= 4 is 43.4 Å². The maximum absolute atomic E-state index is 2.52. The summed E-state index contributed by atoms with van der Waals surface area (Å²) in [4.78, 5) is 0. The van der Waals surface area contributed by atoms with E-state index in [2.05, 4.69) is 144 Å². The van der Waals surface area contributed by atoms with Gasteiger partial charge in [0.05, 0.1) is 16.7 Å². The van der Waals surface area contributed by atoms with E-state index in [0.717, 1.165) is 0 Å². The van der Waals surface area contributed by atoms with Crippen LogP contribution in [0.5, 0.6) is 0 Å². The number of nitrogens with zero attached hydrogens (tertiary/aromatic N) is 1. The van der Waals surface area contributed by atoms with Crippen molar-refractivity contribution in [3.8, 4) is 39.1 Å². The van der Waals surface area contributed by atoms with E-state index in [4.69, 9.17) is 0 Å². The minimum absolute atomic E-state index is 1.21. The van der Waals surface area contributed by atoms with Crippen LogP contribution in [0.2, 0.25) is 0 Å². The normalized spacial score (nSPS) is 12.1. The van der Waals surface area contributed by atoms with Gasteiger partial charge in [0, 0.05) is 21.9 Å². The second-order valence-corrected chi connectivity index (χ2v) is 10.5. The highest BCUT2D eigenvalue weighted by Gasteiger charge is 2.27. The first kappa shape index (κ1) is 20.9. The molecule has 1 heterocycles. The van der Waals surface area contributed by atoms with Crippen LogP contribution in [-0.4, -0.2) is 4.57 Å². The van der Waals surface area contributed by atoms with Crippen LogP contribution in [0.15, 0.2) is 140 Å². The summed E-state index contributed by atoms with van der Waals surface area (Å²) in [6.45, 7) is 0. The van der Waals surface area contributed by atoms with Crippen LogP contribution in [0.3, 0.4) is 0 Å². The molecule has 0 aliphatic heterocycles. The van der Waals surface area contributed by atoms with E-state index in [0.29, 0.717) is 0 Å². The third-order valence-corrected chi connectivity index (χ3v) is 8.53. The van der Waals surface area contributed by atoms with Crippen molar-refractivity contribution in [2.75, 3.05) is 0 Å². The second kappa shape index (κ2) is 7.69. The quantitative estimate of drug-likeness (QED) is 0.226. The lowest BCUT2D eigenvalue weighted by molar-refractivity contribution is 1.18. The van der Waals surface area contributed by atoms with Crippen LogP contribution in [-0.2, 0) is 0 Å². The molecule has 1 aliphatic carbocycles. The minimum Gasteiger partial charge on any atom is -0.308 e. The zero-order valence-electron chi connectivity index (χ0n) is 21.2. The smallest absolute Gasteiger partial charge is 0.0626 e. The predicted octanol–water partition coefficient (Wildman–Crippen LogP) is 10.4. The van der Waals surface area contributed by atoms with Crippen molar-refractivity contribution in [2.24, 2.45) is 0 Å². The number of fused-ring (bicyclic) bond motifs is 8. The maximum atomic E-state index is 2.52. The van der Waals surface area contributed by atoms with Gasteiger partial charge in [-0.1, -0.05) is 127 Å². The maximum Gasteiger partial charge on any atom is 0.0626 e. The first-order valence-electron chi connectivity index (χ1n) is 13.5. The van der Waals surface area contributed by atoms with Gasteiger partial charge in [-0.05, 0) is 55.9 Å². The van der Waals surface area contributed by atoms with Crippen LogP contribution in [0.25, 0.3) is 82.4 Å². The molecule has 1 nitrogen and oxygen atoms in total. The lowest BCUT2D eigenvalue weighted by atomic mass is 9.96. The standard InChI is InChI=1S/C38H23N/c1-2-14-26-24(10-1)11-7-17-27(26)28-15-3-5-20-34(28)39-35-21-6-4-16-29(35)32-23-22-31-30-18-8-12-25-13-9-19-33(36(25)30)37(31)38(32)39/h1-23H. The Morgan fingerprint density at radius 3 is 1.90 bits per heavy atom. The zero-order valence-corrected chi connectivity index (χ0v) is 21.2. The van der Waals surface area contributed by atoms with Crippen LogP contribution in [0.4, 0.5) is 0 Å². The highest BCUT2D eigenvalue weighted by molar-refractivity contribution is 6.24. The summed E-state index contributed by atoms with van der Waals surface area (Å²) in [5, 5.41) is 7.77. The fourth-order valence-electron chi connectivity index (χ4n) is 6.94. The Morgan fingerprint density at radius 1 is 0.359 bits per heavy atom. The molecule has 180 valence electrons. The molecule has 0 saturated heterocycles. The number of rotatable bonds is 2. The van der Waals surface area contributed by atoms with Gasteiger partial charge in [-0.25, -0.2) is 0 Å². The Labute approximate surface area is 226 Å². The highest BCUT2D eigenvalue weighted by atomic mass is 15.0. The molecular weight excluding hydrogens is 470 g/mol. The van der Waals surface area contributed by atoms with Gasteiger partial charge in [0.15, 0.2) is 0 Å². The summed E-state index contributed by atoms with van der Waals surface area (Å²) in [5.74, 6) is 0. The van der Waals surface area contributed by atoms with Gasteiger partial charge in [0.1, 0.15) is 0 Å². The van der Waals surface area contributed by atoms with Gasteiger partial charge in [-0.2, -0.15) is 0 Å². The second-order valence-electron chi connectivity index (χ2n) is 10.5. The third kappa shape index (κ3) is 2.74. The monoisotopic (exact) mass is 493 g/mol. The molecule has 9 rings (SSSR count). The van der Waals surface area contributed by atoms with Crippen molar-refractivity contribution < 1.29 is 0 Å². The molecule has 0 spiro atoms. The van der Waals surface area contributed by atoms with E-state index >= 15 is 0 Å². The van der Waals surface area contributed by atoms with Crippen LogP contribution in [0, 0.1) is 0 Å². The van der Waals surface area contributed by atoms with Gasteiger partial charge < -0.3 is 4.57 Å². The SMILES string of the molecule is c1ccc(-n2c3ccccc3c3ccc4c(c32)-c2cccc3cccc-4c23)c(-c2cccc3ccccc23)c1. The third-order valence-electron chi connectivity index (χ3n) is 8.53. The summed E-state index contributed by atoms with van der Waals surface area (Å²) in [5.41, 5.74) is 11.5. The molecule has 0 saturated carbocycles. The number of aromatic nitrogens is 1. The Kier molecular flexibility index (Phi) is 4.11. The molecule has 0 bridgehead atoms. The van der Waals surface area contributed by atoms with E-state index in [1.165, 1.54) is 82.4 Å². The number of para-hydroxylation sites is 2. The lowest BCUT2D eigenvalue weighted by Gasteiger charge is -2.17. The molecule has 0 amide bonds. The molecule has 1 heteroatoms. The molecule has 0 fully saturated rings. The molecule has 39 heavy (non-hydrogen) atoms. The van der Waals surface area contributed by atoms with E-state index in [-0.39, 0.29) is 0 Å². The lowest BCUT2D eigenvalue weighted by Crippen LogP contribution is -1.98. The van der Waals surface area contributed by atoms with E-state index in [9.17, 15) is 0 Å². The van der Waals surface area contributed by atoms with E-state index < -0.39 is 0 Å². The molecule has 8 aromatic rings. The molecule has 0 N–H and O–H groups in total. The van der Waals surface area contributed by atoms with E-state index in [1.807, 2.05) is 0 Å². The average Bonchev–Trinajstić information content (AvgIpc) is 3.51. The van der Waals surface area contributed by atoms with Crippen molar-refractivity contribution in [2.45, 2.75) is 0 Å². The molecule has 1 aliphatic rings. The Hall–Kier alpha value is -5.14. The van der Waals surface area contributed by atoms with E-state index in [1.54, 1.807) is 0 Å². The number of benzene rings is 7. The zero-order chi connectivity index (χ0) is 25.5. The summed E-state index contributed by atoms with van der Waals surface area (Å²) in [6, 6.07) is 51.2. The summed E-state index contributed by atoms with van der Waals surface area (Å²) in [6.07, 6.45) is 0. The number of hydrogen-bond donors (Lipinski definition) is 0. The molecule has 0 atom stereocenters. The largest absolute Gasteiger partial charge is 0.308 e. The van der Waals surface area contributed by atoms with Crippen LogP contribution < -0.4 is 0 Å². The molecular formula is C38H23N. The summed E-state index contributed by atoms with van der Waals surface area (Å²) >= 11 is 0. The fourth-order valence-corrected chi connectivity index (χ4v) is 6.94. The molecule has 1 aromatic heterocycles. The van der Waals surface area contributed by atoms with Crippen molar-refractivity contribution in [1.29, 1.82) is 0 Å². The highest BCUT2D eigenvalue weighted by Crippen LogP contribution is 2.52. The summed E-state index contributed by atoms with van der Waals surface area (Å²) < 4.78 is 2.52. The van der Waals surface area contributed by atoms with Gasteiger partial charge in [0.25, 0.3) is 0 Å². The Balaban J connectivity index is 1.47. The van der Waals surface area contributed by atoms with Gasteiger partial charge in [-0.15, -0.1) is 0 Å². The first-order chi connectivity index (χ1) is 19.4. The summed E-state index contributed by atoms with van der Waals surface area (Å²) in [7, 11) is 0. The minimum atomic E-state index is 1.21. The van der Waals surface area contributed by atoms with Crippen molar-refractivity contribution in [3.63, 3.8) is 0 Å². The molecule has 0 unspecified atom stereocenters. The van der Waals surface area contributed by atoms with Crippen molar-refractivity contribution in [1.82, 2.24) is 4.57 Å². The predicted molar refractivity (Wildman–Crippen MR) is 166 cm³/mol. The molecule has 0 radical (unpaired) electrons. The first-order valence-corrected chi connectivity index (χ1v) is 13.5.